The fourth-order valence-electron chi connectivity index (χ4n) is 0.954. The van der Waals surface area contributed by atoms with Crippen molar-refractivity contribution < 1.29 is 0 Å². The number of hydrogen-bond acceptors (Lipinski definition) is 2. The van der Waals surface area contributed by atoms with E-state index in [9.17, 15) is 0 Å². The molecule has 0 aromatic carbocycles. The summed E-state index contributed by atoms with van der Waals surface area (Å²) in [6.07, 6.45) is 4.39. The molecule has 3 heteroatoms. The minimum Gasteiger partial charge on any atom is -0.231 e. The van der Waals surface area contributed by atoms with Gasteiger partial charge in [0.1, 0.15) is 0 Å². The van der Waals surface area contributed by atoms with Crippen LogP contribution in [0.2, 0.25) is 0 Å². The van der Waals surface area contributed by atoms with Crippen molar-refractivity contribution in [3.63, 3.8) is 0 Å². The van der Waals surface area contributed by atoms with Crippen molar-refractivity contribution in [2.45, 2.75) is 18.8 Å². The molecule has 1 aromatic heterocycles. The Morgan fingerprint density at radius 2 is 2.30 bits per heavy atom. The number of hydrogen-bond donors (Lipinski definition) is 0. The van der Waals surface area contributed by atoms with Gasteiger partial charge in [-0.3, -0.25) is 0 Å². The molecule has 0 spiro atoms. The molecule has 0 unspecified atom stereocenters. The number of rotatable bonds is 1. The third kappa shape index (κ3) is 1.19. The molecule has 1 saturated carbocycles. The van der Waals surface area contributed by atoms with Gasteiger partial charge < -0.3 is 0 Å². The monoisotopic (exact) mass is 198 g/mol. The lowest BCUT2D eigenvalue weighted by molar-refractivity contribution is 0.963. The van der Waals surface area contributed by atoms with Crippen molar-refractivity contribution in [3.05, 3.63) is 22.7 Å². The Balaban J connectivity index is 2.32. The summed E-state index contributed by atoms with van der Waals surface area (Å²) in [7, 11) is 0. The Morgan fingerprint density at radius 1 is 1.50 bits per heavy atom. The van der Waals surface area contributed by atoms with Crippen LogP contribution in [0.25, 0.3) is 0 Å². The van der Waals surface area contributed by atoms with Crippen molar-refractivity contribution in [1.29, 1.82) is 0 Å². The molecule has 0 amide bonds. The second-order valence-corrected chi connectivity index (χ2v) is 3.23. The second kappa shape index (κ2) is 2.31. The zero-order valence-corrected chi connectivity index (χ0v) is 7.00. The minimum absolute atomic E-state index is 0.705. The molecular weight excluding hydrogens is 192 g/mol. The number of aromatic nitrogens is 2. The molecule has 0 N–H and O–H groups in total. The Morgan fingerprint density at radius 3 is 2.90 bits per heavy atom. The van der Waals surface area contributed by atoms with Crippen LogP contribution in [-0.2, 0) is 0 Å². The van der Waals surface area contributed by atoms with E-state index in [1.54, 1.807) is 6.20 Å². The molecule has 52 valence electrons. The van der Waals surface area contributed by atoms with Crippen molar-refractivity contribution in [1.82, 2.24) is 9.97 Å². The van der Waals surface area contributed by atoms with Gasteiger partial charge in [0.05, 0.1) is 0 Å². The van der Waals surface area contributed by atoms with Gasteiger partial charge in [0.25, 0.3) is 0 Å². The molecule has 2 rings (SSSR count). The molecule has 1 aliphatic carbocycles. The van der Waals surface area contributed by atoms with E-state index in [-0.39, 0.29) is 0 Å². The van der Waals surface area contributed by atoms with E-state index in [2.05, 4.69) is 25.9 Å². The smallest absolute Gasteiger partial charge is 0.196 e. The maximum Gasteiger partial charge on any atom is 0.196 e. The standard InChI is InChI=1S/C7H7BrN2/c8-7-9-4-3-6(10-7)5-1-2-5/h3-5H,1-2H2. The Bertz CT molecular complexity index is 245. The van der Waals surface area contributed by atoms with Crippen molar-refractivity contribution >= 4 is 15.9 Å². The fourth-order valence-corrected chi connectivity index (χ4v) is 1.28. The van der Waals surface area contributed by atoms with E-state index < -0.39 is 0 Å². The Kier molecular flexibility index (Phi) is 1.45. The fraction of sp³-hybridized carbons (Fsp3) is 0.429. The van der Waals surface area contributed by atoms with E-state index >= 15 is 0 Å². The average Bonchev–Trinajstić information content (AvgIpc) is 2.68. The number of halogens is 1. The lowest BCUT2D eigenvalue weighted by Crippen LogP contribution is -1.87. The highest BCUT2D eigenvalue weighted by Gasteiger charge is 2.24. The third-order valence-corrected chi connectivity index (χ3v) is 2.03. The maximum absolute atomic E-state index is 4.24. The van der Waals surface area contributed by atoms with E-state index in [1.165, 1.54) is 18.5 Å². The Hall–Kier alpha value is -0.440. The molecule has 0 aliphatic heterocycles. The van der Waals surface area contributed by atoms with E-state index in [1.807, 2.05) is 6.07 Å². The van der Waals surface area contributed by atoms with Gasteiger partial charge in [0.15, 0.2) is 4.73 Å². The molecule has 2 nitrogen and oxygen atoms in total. The summed E-state index contributed by atoms with van der Waals surface area (Å²) < 4.78 is 0.705. The SMILES string of the molecule is Brc1nccc(C2CC2)n1. The van der Waals surface area contributed by atoms with Gasteiger partial charge in [-0.25, -0.2) is 9.97 Å². The van der Waals surface area contributed by atoms with Crippen molar-refractivity contribution in [2.75, 3.05) is 0 Å². The van der Waals surface area contributed by atoms with Crippen LogP contribution in [0.1, 0.15) is 24.5 Å². The topological polar surface area (TPSA) is 25.8 Å². The molecule has 1 aliphatic rings. The molecular formula is C7H7BrN2. The lowest BCUT2D eigenvalue weighted by atomic mass is 10.3. The van der Waals surface area contributed by atoms with Gasteiger partial charge in [-0.2, -0.15) is 0 Å². The van der Waals surface area contributed by atoms with Crippen LogP contribution in [-0.4, -0.2) is 9.97 Å². The van der Waals surface area contributed by atoms with Crippen LogP contribution in [0.3, 0.4) is 0 Å². The first-order chi connectivity index (χ1) is 4.86. The summed E-state index contributed by atoms with van der Waals surface area (Å²) in [4.78, 5) is 8.20. The molecule has 1 aromatic rings. The van der Waals surface area contributed by atoms with Crippen molar-refractivity contribution in [2.24, 2.45) is 0 Å². The summed E-state index contributed by atoms with van der Waals surface area (Å²) in [6, 6.07) is 1.99. The molecule has 0 radical (unpaired) electrons. The van der Waals surface area contributed by atoms with Gasteiger partial charge >= 0.3 is 0 Å². The molecule has 0 atom stereocenters. The molecule has 1 fully saturated rings. The van der Waals surface area contributed by atoms with Gasteiger partial charge in [-0.05, 0) is 34.8 Å². The van der Waals surface area contributed by atoms with E-state index in [4.69, 9.17) is 0 Å². The molecule has 0 saturated heterocycles. The summed E-state index contributed by atoms with van der Waals surface area (Å²) in [5, 5.41) is 0. The van der Waals surface area contributed by atoms with Gasteiger partial charge in [-0.1, -0.05) is 0 Å². The second-order valence-electron chi connectivity index (χ2n) is 2.52. The van der Waals surface area contributed by atoms with Crippen LogP contribution >= 0.6 is 15.9 Å². The highest BCUT2D eigenvalue weighted by Crippen LogP contribution is 2.38. The highest BCUT2D eigenvalue weighted by molar-refractivity contribution is 9.10. The largest absolute Gasteiger partial charge is 0.231 e. The van der Waals surface area contributed by atoms with Crippen LogP contribution < -0.4 is 0 Å². The van der Waals surface area contributed by atoms with Crippen LogP contribution in [0.5, 0.6) is 0 Å². The van der Waals surface area contributed by atoms with Gasteiger partial charge in [0.2, 0.25) is 0 Å². The summed E-state index contributed by atoms with van der Waals surface area (Å²) in [5.74, 6) is 0.722. The first-order valence-electron chi connectivity index (χ1n) is 3.35. The quantitative estimate of drug-likeness (QED) is 0.647. The normalized spacial score (nSPS) is 17.3. The third-order valence-electron chi connectivity index (χ3n) is 1.64. The average molecular weight is 199 g/mol. The summed E-state index contributed by atoms with van der Waals surface area (Å²) >= 11 is 3.24. The highest BCUT2D eigenvalue weighted by atomic mass is 79.9. The lowest BCUT2D eigenvalue weighted by Gasteiger charge is -1.94. The van der Waals surface area contributed by atoms with E-state index in [0.717, 1.165) is 5.92 Å². The number of nitrogens with zero attached hydrogens (tertiary/aromatic N) is 2. The Labute approximate surface area is 67.8 Å². The first-order valence-corrected chi connectivity index (χ1v) is 4.14. The zero-order chi connectivity index (χ0) is 6.97. The molecule has 1 heterocycles. The predicted molar refractivity (Wildman–Crippen MR) is 41.7 cm³/mol. The van der Waals surface area contributed by atoms with Gasteiger partial charge in [-0.15, -0.1) is 0 Å². The van der Waals surface area contributed by atoms with Crippen LogP contribution in [0.15, 0.2) is 17.0 Å². The van der Waals surface area contributed by atoms with Gasteiger partial charge in [0, 0.05) is 17.8 Å². The van der Waals surface area contributed by atoms with Crippen LogP contribution in [0, 0.1) is 0 Å². The maximum atomic E-state index is 4.24. The first kappa shape index (κ1) is 6.28. The summed E-state index contributed by atoms with van der Waals surface area (Å²) in [5.41, 5.74) is 1.18. The minimum atomic E-state index is 0.705. The van der Waals surface area contributed by atoms with Crippen LogP contribution in [0.4, 0.5) is 0 Å². The molecule has 0 bridgehead atoms. The van der Waals surface area contributed by atoms with Crippen molar-refractivity contribution in [3.8, 4) is 0 Å². The molecule has 10 heavy (non-hydrogen) atoms. The summed E-state index contributed by atoms with van der Waals surface area (Å²) in [6.45, 7) is 0. The van der Waals surface area contributed by atoms with E-state index in [0.29, 0.717) is 4.73 Å². The predicted octanol–water partition coefficient (Wildman–Crippen LogP) is 2.12. The zero-order valence-electron chi connectivity index (χ0n) is 5.42.